The third kappa shape index (κ3) is 5.10. The highest BCUT2D eigenvalue weighted by Crippen LogP contribution is 2.35. The van der Waals surface area contributed by atoms with E-state index < -0.39 is 23.6 Å². The van der Waals surface area contributed by atoms with E-state index in [0.29, 0.717) is 18.8 Å². The van der Waals surface area contributed by atoms with E-state index >= 15 is 0 Å². The number of alkyl halides is 3. The highest BCUT2D eigenvalue weighted by molar-refractivity contribution is 5.98. The summed E-state index contributed by atoms with van der Waals surface area (Å²) in [5.74, 6) is -0.669. The largest absolute Gasteiger partial charge is 0.491 e. The summed E-state index contributed by atoms with van der Waals surface area (Å²) in [6, 6.07) is 6.37. The fraction of sp³-hybridized carbons (Fsp3) is 0.400. The summed E-state index contributed by atoms with van der Waals surface area (Å²) < 4.78 is 49.9. The van der Waals surface area contributed by atoms with Crippen molar-refractivity contribution < 1.29 is 31.9 Å². The minimum atomic E-state index is -4.55. The molecule has 1 aromatic carbocycles. The predicted molar refractivity (Wildman–Crippen MR) is 98.1 cm³/mol. The van der Waals surface area contributed by atoms with Gasteiger partial charge >= 0.3 is 6.18 Å². The molecule has 2 heterocycles. The third-order valence-electron chi connectivity index (χ3n) is 4.54. The van der Waals surface area contributed by atoms with Crippen molar-refractivity contribution in [2.45, 2.75) is 32.5 Å². The maximum absolute atomic E-state index is 13.1. The molecule has 1 aliphatic rings. The Kier molecular flexibility index (Phi) is 6.14. The average Bonchev–Trinajstić information content (AvgIpc) is 3.30. The van der Waals surface area contributed by atoms with E-state index in [1.54, 1.807) is 12.1 Å². The molecule has 3 rings (SSSR count). The van der Waals surface area contributed by atoms with Crippen LogP contribution in [0.15, 0.2) is 41.0 Å². The molecule has 0 bridgehead atoms. The molecular weight excluding hydrogens is 389 g/mol. The number of hydrogen-bond donors (Lipinski definition) is 1. The fourth-order valence-corrected chi connectivity index (χ4v) is 3.07. The summed E-state index contributed by atoms with van der Waals surface area (Å²) >= 11 is 0. The van der Waals surface area contributed by atoms with Crippen LogP contribution in [-0.4, -0.2) is 29.9 Å². The fourth-order valence-electron chi connectivity index (χ4n) is 3.07. The quantitative estimate of drug-likeness (QED) is 0.747. The van der Waals surface area contributed by atoms with Gasteiger partial charge in [0.15, 0.2) is 0 Å². The number of nitrogens with one attached hydrogen (secondary N) is 1. The van der Waals surface area contributed by atoms with Crippen molar-refractivity contribution in [3.8, 4) is 5.75 Å². The Bertz CT molecular complexity index is 865. The number of amides is 2. The van der Waals surface area contributed by atoms with Gasteiger partial charge in [-0.05, 0) is 36.8 Å². The topological polar surface area (TPSA) is 71.8 Å². The zero-order valence-corrected chi connectivity index (χ0v) is 15.8. The molecule has 1 aromatic heterocycles. The van der Waals surface area contributed by atoms with Gasteiger partial charge in [0.2, 0.25) is 11.8 Å². The van der Waals surface area contributed by atoms with Gasteiger partial charge in [0.05, 0.1) is 36.6 Å². The molecule has 1 unspecified atom stereocenters. The minimum Gasteiger partial charge on any atom is -0.491 e. The summed E-state index contributed by atoms with van der Waals surface area (Å²) in [5.41, 5.74) is -0.950. The number of ether oxygens (including phenoxy) is 1. The Morgan fingerprint density at radius 2 is 2.14 bits per heavy atom. The van der Waals surface area contributed by atoms with Crippen LogP contribution < -0.4 is 10.1 Å². The second-order valence-electron chi connectivity index (χ2n) is 6.80. The molecule has 1 N–H and O–H groups in total. The number of benzene rings is 1. The first kappa shape index (κ1) is 20.8. The number of carbonyl (C=O) groups is 2. The molecule has 6 nitrogen and oxygen atoms in total. The molecule has 156 valence electrons. The summed E-state index contributed by atoms with van der Waals surface area (Å²) in [6.45, 7) is 2.56. The Morgan fingerprint density at radius 1 is 1.34 bits per heavy atom. The summed E-state index contributed by atoms with van der Waals surface area (Å²) in [7, 11) is 0. The lowest BCUT2D eigenvalue weighted by atomic mass is 10.1. The van der Waals surface area contributed by atoms with Crippen molar-refractivity contribution >= 4 is 17.5 Å². The maximum Gasteiger partial charge on any atom is 0.416 e. The second kappa shape index (κ2) is 8.59. The summed E-state index contributed by atoms with van der Waals surface area (Å²) in [5, 5.41) is 2.51. The lowest BCUT2D eigenvalue weighted by Gasteiger charge is -2.17. The van der Waals surface area contributed by atoms with Crippen LogP contribution in [0.1, 0.15) is 31.1 Å². The van der Waals surface area contributed by atoms with Gasteiger partial charge in [0.1, 0.15) is 11.5 Å². The number of likely N-dealkylation sites (tertiary alicyclic amines) is 1. The number of hydrogen-bond acceptors (Lipinski definition) is 4. The van der Waals surface area contributed by atoms with Crippen LogP contribution in [0, 0.1) is 5.92 Å². The van der Waals surface area contributed by atoms with E-state index in [4.69, 9.17) is 9.15 Å². The number of anilines is 1. The van der Waals surface area contributed by atoms with Crippen LogP contribution >= 0.6 is 0 Å². The van der Waals surface area contributed by atoms with Gasteiger partial charge in [0, 0.05) is 13.0 Å². The first-order chi connectivity index (χ1) is 13.8. The number of furan rings is 1. The molecule has 0 radical (unpaired) electrons. The highest BCUT2D eigenvalue weighted by Gasteiger charge is 2.36. The van der Waals surface area contributed by atoms with Gasteiger partial charge in [-0.2, -0.15) is 13.2 Å². The lowest BCUT2D eigenvalue weighted by molar-refractivity contribution is -0.137. The zero-order valence-electron chi connectivity index (χ0n) is 15.8. The molecule has 0 aliphatic carbocycles. The standard InChI is InChI=1S/C20H21F3N2O4/c1-2-7-29-17-6-5-14(20(21,22)23)10-16(17)24-19(27)13-9-18(26)25(11-13)12-15-4-3-8-28-15/h3-6,8,10,13H,2,7,9,11-12H2,1H3,(H,24,27). The van der Waals surface area contributed by atoms with Gasteiger partial charge in [-0.3, -0.25) is 9.59 Å². The molecule has 9 heteroatoms. The van der Waals surface area contributed by atoms with Crippen LogP contribution in [0.5, 0.6) is 5.75 Å². The van der Waals surface area contributed by atoms with Crippen LogP contribution in [0.3, 0.4) is 0 Å². The Morgan fingerprint density at radius 3 is 2.79 bits per heavy atom. The zero-order chi connectivity index (χ0) is 21.0. The average molecular weight is 410 g/mol. The molecule has 0 saturated carbocycles. The van der Waals surface area contributed by atoms with Crippen molar-refractivity contribution in [3.63, 3.8) is 0 Å². The van der Waals surface area contributed by atoms with Gasteiger partial charge in [-0.1, -0.05) is 6.92 Å². The lowest BCUT2D eigenvalue weighted by Crippen LogP contribution is -2.28. The van der Waals surface area contributed by atoms with Gasteiger partial charge < -0.3 is 19.4 Å². The molecule has 1 fully saturated rings. The van der Waals surface area contributed by atoms with E-state index in [-0.39, 0.29) is 36.9 Å². The van der Waals surface area contributed by atoms with Crippen molar-refractivity contribution in [1.82, 2.24) is 4.90 Å². The molecule has 0 spiro atoms. The maximum atomic E-state index is 13.1. The normalized spacial score (nSPS) is 16.9. The third-order valence-corrected chi connectivity index (χ3v) is 4.54. The second-order valence-corrected chi connectivity index (χ2v) is 6.80. The Labute approximate surface area is 165 Å². The van der Waals surface area contributed by atoms with Crippen molar-refractivity contribution in [2.75, 3.05) is 18.5 Å². The number of carbonyl (C=O) groups excluding carboxylic acids is 2. The predicted octanol–water partition coefficient (Wildman–Crippen LogP) is 4.07. The number of nitrogens with zero attached hydrogens (tertiary/aromatic N) is 1. The van der Waals surface area contributed by atoms with Crippen molar-refractivity contribution in [1.29, 1.82) is 0 Å². The first-order valence-corrected chi connectivity index (χ1v) is 9.23. The van der Waals surface area contributed by atoms with Crippen LogP contribution in [0.2, 0.25) is 0 Å². The van der Waals surface area contributed by atoms with Gasteiger partial charge in [-0.25, -0.2) is 0 Å². The van der Waals surface area contributed by atoms with Gasteiger partial charge in [-0.15, -0.1) is 0 Å². The van der Waals surface area contributed by atoms with E-state index in [0.717, 1.165) is 12.1 Å². The number of rotatable bonds is 7. The van der Waals surface area contributed by atoms with E-state index in [1.165, 1.54) is 17.2 Å². The van der Waals surface area contributed by atoms with Crippen LogP contribution in [-0.2, 0) is 22.3 Å². The van der Waals surface area contributed by atoms with Gasteiger partial charge in [0.25, 0.3) is 0 Å². The Balaban J connectivity index is 1.72. The first-order valence-electron chi connectivity index (χ1n) is 9.23. The SMILES string of the molecule is CCCOc1ccc(C(F)(F)F)cc1NC(=O)C1CC(=O)N(Cc2ccco2)C1. The molecule has 29 heavy (non-hydrogen) atoms. The van der Waals surface area contributed by atoms with E-state index in [1.807, 2.05) is 6.92 Å². The highest BCUT2D eigenvalue weighted by atomic mass is 19.4. The smallest absolute Gasteiger partial charge is 0.416 e. The molecular formula is C20H21F3N2O4. The number of halogens is 3. The van der Waals surface area contributed by atoms with Crippen molar-refractivity contribution in [3.05, 3.63) is 47.9 Å². The van der Waals surface area contributed by atoms with E-state index in [9.17, 15) is 22.8 Å². The summed E-state index contributed by atoms with van der Waals surface area (Å²) in [6.07, 6.45) is -2.42. The monoisotopic (exact) mass is 410 g/mol. The van der Waals surface area contributed by atoms with Crippen LogP contribution in [0.4, 0.5) is 18.9 Å². The molecule has 1 saturated heterocycles. The molecule has 1 atom stereocenters. The minimum absolute atomic E-state index is 0.0172. The Hall–Kier alpha value is -2.97. The molecule has 1 aliphatic heterocycles. The van der Waals surface area contributed by atoms with Crippen molar-refractivity contribution in [2.24, 2.45) is 5.92 Å². The molecule has 2 aromatic rings. The molecule has 2 amide bonds. The summed E-state index contributed by atoms with van der Waals surface area (Å²) in [4.78, 5) is 26.3. The van der Waals surface area contributed by atoms with E-state index in [2.05, 4.69) is 5.32 Å². The van der Waals surface area contributed by atoms with Crippen LogP contribution in [0.25, 0.3) is 0 Å².